The van der Waals surface area contributed by atoms with Crippen LogP contribution in [0.2, 0.25) is 0 Å². The van der Waals surface area contributed by atoms with Gasteiger partial charge in [0.25, 0.3) is 5.91 Å². The van der Waals surface area contributed by atoms with Gasteiger partial charge in [-0.15, -0.1) is 12.4 Å². The predicted molar refractivity (Wildman–Crippen MR) is 74.0 cm³/mol. The highest BCUT2D eigenvalue weighted by Crippen LogP contribution is 2.18. The van der Waals surface area contributed by atoms with Crippen LogP contribution in [-0.2, 0) is 0 Å². The normalized spacial score (nSPS) is 22.8. The van der Waals surface area contributed by atoms with Crippen LogP contribution in [0, 0.1) is 19.8 Å². The molecule has 1 fully saturated rings. The van der Waals surface area contributed by atoms with Crippen LogP contribution >= 0.6 is 12.4 Å². The van der Waals surface area contributed by atoms with Crippen LogP contribution in [0.25, 0.3) is 0 Å². The van der Waals surface area contributed by atoms with Gasteiger partial charge in [-0.3, -0.25) is 9.78 Å². The van der Waals surface area contributed by atoms with Crippen LogP contribution in [0.5, 0.6) is 0 Å². The van der Waals surface area contributed by atoms with Gasteiger partial charge < -0.3 is 10.6 Å². The molecule has 0 spiro atoms. The van der Waals surface area contributed by atoms with Crippen molar-refractivity contribution < 1.29 is 4.79 Å². The van der Waals surface area contributed by atoms with Gasteiger partial charge >= 0.3 is 0 Å². The van der Waals surface area contributed by atoms with Crippen molar-refractivity contribution in [3.8, 4) is 0 Å². The Bertz CT molecular complexity index is 440. The van der Waals surface area contributed by atoms with Crippen molar-refractivity contribution in [3.63, 3.8) is 0 Å². The molecule has 1 aliphatic heterocycles. The fourth-order valence-corrected chi connectivity index (χ4v) is 2.24. The zero-order chi connectivity index (χ0) is 12.6. The molecule has 2 N–H and O–H groups in total. The van der Waals surface area contributed by atoms with Gasteiger partial charge in [-0.05, 0) is 31.9 Å². The number of halogens is 1. The molecule has 1 aromatic rings. The fourth-order valence-electron chi connectivity index (χ4n) is 2.24. The Balaban J connectivity index is 0.00000162. The Labute approximate surface area is 114 Å². The number of carbonyl (C=O) groups is 1. The maximum absolute atomic E-state index is 12.3. The first-order chi connectivity index (χ1) is 7.99. The van der Waals surface area contributed by atoms with Crippen molar-refractivity contribution in [2.24, 2.45) is 11.7 Å². The second-order valence-corrected chi connectivity index (χ2v) is 4.94. The van der Waals surface area contributed by atoms with E-state index in [9.17, 15) is 4.79 Å². The number of aryl methyl sites for hydroxylation is 2. The first-order valence-corrected chi connectivity index (χ1v) is 5.98. The molecule has 5 heteroatoms. The number of amides is 1. The standard InChI is InChI=1S/C13H19N3O.ClH/c1-8-6-16(7-12(8)14)13(17)11-5-4-9(2)15-10(11)3;/h4-5,8,12H,6-7,14H2,1-3H3;1H. The molecule has 0 aromatic carbocycles. The smallest absolute Gasteiger partial charge is 0.255 e. The number of hydrogen-bond acceptors (Lipinski definition) is 3. The van der Waals surface area contributed by atoms with E-state index in [-0.39, 0.29) is 24.4 Å². The molecule has 4 nitrogen and oxygen atoms in total. The number of nitrogens with two attached hydrogens (primary N) is 1. The van der Waals surface area contributed by atoms with E-state index >= 15 is 0 Å². The van der Waals surface area contributed by atoms with Crippen molar-refractivity contribution in [1.82, 2.24) is 9.88 Å². The minimum atomic E-state index is 0. The van der Waals surface area contributed by atoms with Crippen molar-refractivity contribution in [3.05, 3.63) is 29.1 Å². The highest BCUT2D eigenvalue weighted by molar-refractivity contribution is 5.95. The average molecular weight is 270 g/mol. The van der Waals surface area contributed by atoms with Crippen LogP contribution in [0.3, 0.4) is 0 Å². The third kappa shape index (κ3) is 2.82. The molecule has 2 heterocycles. The molecule has 0 aliphatic carbocycles. The van der Waals surface area contributed by atoms with Crippen molar-refractivity contribution in [2.45, 2.75) is 26.8 Å². The molecule has 2 rings (SSSR count). The van der Waals surface area contributed by atoms with E-state index in [4.69, 9.17) is 5.73 Å². The molecule has 1 aliphatic rings. The molecule has 2 atom stereocenters. The van der Waals surface area contributed by atoms with Crippen LogP contribution in [0.4, 0.5) is 0 Å². The molecule has 2 unspecified atom stereocenters. The highest BCUT2D eigenvalue weighted by Gasteiger charge is 2.30. The molecule has 100 valence electrons. The average Bonchev–Trinajstić information content (AvgIpc) is 2.58. The maximum atomic E-state index is 12.3. The fraction of sp³-hybridized carbons (Fsp3) is 0.538. The number of hydrogen-bond donors (Lipinski definition) is 1. The van der Waals surface area contributed by atoms with E-state index in [1.165, 1.54) is 0 Å². The van der Waals surface area contributed by atoms with Crippen molar-refractivity contribution in [2.75, 3.05) is 13.1 Å². The number of likely N-dealkylation sites (tertiary alicyclic amines) is 1. The van der Waals surface area contributed by atoms with Gasteiger partial charge in [-0.2, -0.15) is 0 Å². The third-order valence-corrected chi connectivity index (χ3v) is 3.41. The summed E-state index contributed by atoms with van der Waals surface area (Å²) in [4.78, 5) is 18.5. The lowest BCUT2D eigenvalue weighted by Gasteiger charge is -2.17. The third-order valence-electron chi connectivity index (χ3n) is 3.41. The van der Waals surface area contributed by atoms with E-state index in [2.05, 4.69) is 11.9 Å². The Morgan fingerprint density at radius 3 is 2.56 bits per heavy atom. The van der Waals surface area contributed by atoms with E-state index in [1.54, 1.807) is 0 Å². The lowest BCUT2D eigenvalue weighted by molar-refractivity contribution is 0.0785. The quantitative estimate of drug-likeness (QED) is 0.841. The minimum Gasteiger partial charge on any atom is -0.337 e. The van der Waals surface area contributed by atoms with E-state index in [0.29, 0.717) is 18.0 Å². The molecule has 1 aromatic heterocycles. The summed E-state index contributed by atoms with van der Waals surface area (Å²) in [5.74, 6) is 0.424. The maximum Gasteiger partial charge on any atom is 0.255 e. The topological polar surface area (TPSA) is 59.2 Å². The van der Waals surface area contributed by atoms with Crippen LogP contribution < -0.4 is 5.73 Å². The van der Waals surface area contributed by atoms with Crippen LogP contribution in [-0.4, -0.2) is 34.9 Å². The summed E-state index contributed by atoms with van der Waals surface area (Å²) < 4.78 is 0. The summed E-state index contributed by atoms with van der Waals surface area (Å²) in [6.07, 6.45) is 0. The zero-order valence-electron chi connectivity index (χ0n) is 11.0. The Kier molecular flexibility index (Phi) is 4.71. The summed E-state index contributed by atoms with van der Waals surface area (Å²) in [7, 11) is 0. The van der Waals surface area contributed by atoms with Crippen LogP contribution in [0.15, 0.2) is 12.1 Å². The number of carbonyl (C=O) groups excluding carboxylic acids is 1. The lowest BCUT2D eigenvalue weighted by Crippen LogP contribution is -2.32. The van der Waals surface area contributed by atoms with Gasteiger partial charge in [0.1, 0.15) is 0 Å². The van der Waals surface area contributed by atoms with Gasteiger partial charge in [0, 0.05) is 24.8 Å². The summed E-state index contributed by atoms with van der Waals surface area (Å²) in [6, 6.07) is 3.83. The van der Waals surface area contributed by atoms with Crippen molar-refractivity contribution >= 4 is 18.3 Å². The van der Waals surface area contributed by atoms with E-state index in [1.807, 2.05) is 30.9 Å². The second-order valence-electron chi connectivity index (χ2n) is 4.94. The molecule has 0 bridgehead atoms. The van der Waals surface area contributed by atoms with E-state index in [0.717, 1.165) is 17.9 Å². The lowest BCUT2D eigenvalue weighted by atomic mass is 10.1. The Hall–Kier alpha value is -1.13. The number of pyridine rings is 1. The first kappa shape index (κ1) is 14.9. The van der Waals surface area contributed by atoms with E-state index < -0.39 is 0 Å². The molecule has 1 amide bonds. The summed E-state index contributed by atoms with van der Waals surface area (Å²) in [5.41, 5.74) is 8.36. The zero-order valence-corrected chi connectivity index (χ0v) is 11.8. The van der Waals surface area contributed by atoms with Gasteiger partial charge in [-0.25, -0.2) is 0 Å². The van der Waals surface area contributed by atoms with Gasteiger partial charge in [0.2, 0.25) is 0 Å². The molecule has 1 saturated heterocycles. The molecular formula is C13H20ClN3O. The number of nitrogens with zero attached hydrogens (tertiary/aromatic N) is 2. The predicted octanol–water partition coefficient (Wildman–Crippen LogP) is 1.54. The summed E-state index contributed by atoms with van der Waals surface area (Å²) >= 11 is 0. The monoisotopic (exact) mass is 269 g/mol. The molecule has 0 saturated carbocycles. The molecule has 18 heavy (non-hydrogen) atoms. The number of rotatable bonds is 1. The molecular weight excluding hydrogens is 250 g/mol. The largest absolute Gasteiger partial charge is 0.337 e. The summed E-state index contributed by atoms with van der Waals surface area (Å²) in [6.45, 7) is 7.27. The van der Waals surface area contributed by atoms with Crippen LogP contribution in [0.1, 0.15) is 28.7 Å². The number of aromatic nitrogens is 1. The van der Waals surface area contributed by atoms with Gasteiger partial charge in [0.05, 0.1) is 11.3 Å². The van der Waals surface area contributed by atoms with Crippen molar-refractivity contribution in [1.29, 1.82) is 0 Å². The SMILES string of the molecule is Cc1ccc(C(=O)N2CC(C)C(N)C2)c(C)n1.Cl. The van der Waals surface area contributed by atoms with Gasteiger partial charge in [-0.1, -0.05) is 6.92 Å². The highest BCUT2D eigenvalue weighted by atomic mass is 35.5. The Morgan fingerprint density at radius 2 is 2.06 bits per heavy atom. The summed E-state index contributed by atoms with van der Waals surface area (Å²) in [5, 5.41) is 0. The minimum absolute atomic E-state index is 0. The molecule has 0 radical (unpaired) electrons. The Morgan fingerprint density at radius 1 is 1.39 bits per heavy atom. The van der Waals surface area contributed by atoms with Gasteiger partial charge in [0.15, 0.2) is 0 Å². The second kappa shape index (κ2) is 5.67. The first-order valence-electron chi connectivity index (χ1n) is 5.98.